The van der Waals surface area contributed by atoms with E-state index < -0.39 is 0 Å². The lowest BCUT2D eigenvalue weighted by molar-refractivity contribution is 0.834. The lowest BCUT2D eigenvalue weighted by atomic mass is 10.1. The predicted octanol–water partition coefficient (Wildman–Crippen LogP) is 2.77. The number of rotatable bonds is 2. The van der Waals surface area contributed by atoms with Crippen LogP contribution >= 0.6 is 11.3 Å². The van der Waals surface area contributed by atoms with E-state index in [1.807, 2.05) is 24.4 Å². The summed E-state index contributed by atoms with van der Waals surface area (Å²) in [6.07, 6.45) is 0.914. The Labute approximate surface area is 64.9 Å². The number of nitriles is 1. The minimum Gasteiger partial charge on any atom is -0.198 e. The smallest absolute Gasteiger partial charge is 0.0803 e. The highest BCUT2D eigenvalue weighted by atomic mass is 32.1. The summed E-state index contributed by atoms with van der Waals surface area (Å²) in [5.41, 5.74) is 0. The summed E-state index contributed by atoms with van der Waals surface area (Å²) >= 11 is 1.66. The molecule has 0 aliphatic carbocycles. The molecule has 1 aromatic heterocycles. The molecule has 1 aromatic rings. The molecule has 0 aliphatic heterocycles. The molecule has 0 unspecified atom stereocenters. The van der Waals surface area contributed by atoms with Gasteiger partial charge in [-0.15, -0.1) is 11.3 Å². The van der Waals surface area contributed by atoms with Crippen LogP contribution in [0.3, 0.4) is 0 Å². The van der Waals surface area contributed by atoms with Gasteiger partial charge in [0.25, 0.3) is 0 Å². The molecule has 1 rings (SSSR count). The fourth-order valence-corrected chi connectivity index (χ4v) is 1.70. The average Bonchev–Trinajstić information content (AvgIpc) is 2.43. The molecule has 1 nitrogen and oxygen atoms in total. The normalized spacial score (nSPS) is 12.4. The van der Waals surface area contributed by atoms with Crippen LogP contribution in [0.5, 0.6) is 0 Å². The third kappa shape index (κ3) is 1.37. The summed E-state index contributed by atoms with van der Waals surface area (Å²) in [5, 5.41) is 10.7. The molecular weight excluding hydrogens is 142 g/mol. The van der Waals surface area contributed by atoms with Crippen LogP contribution in [0.2, 0.25) is 0 Å². The van der Waals surface area contributed by atoms with Gasteiger partial charge in [-0.1, -0.05) is 13.0 Å². The van der Waals surface area contributed by atoms with E-state index in [4.69, 9.17) is 5.26 Å². The van der Waals surface area contributed by atoms with E-state index in [1.165, 1.54) is 4.88 Å². The van der Waals surface area contributed by atoms with Crippen LogP contribution in [0.4, 0.5) is 0 Å². The van der Waals surface area contributed by atoms with Gasteiger partial charge < -0.3 is 0 Å². The third-order valence-corrected chi connectivity index (χ3v) is 2.44. The first-order chi connectivity index (χ1) is 4.88. The predicted molar refractivity (Wildman–Crippen MR) is 43.0 cm³/mol. The first kappa shape index (κ1) is 7.30. The molecule has 0 bridgehead atoms. The molecule has 2 heteroatoms. The van der Waals surface area contributed by atoms with Gasteiger partial charge in [0.1, 0.15) is 0 Å². The summed E-state index contributed by atoms with van der Waals surface area (Å²) in [6, 6.07) is 6.27. The van der Waals surface area contributed by atoms with E-state index in [0.29, 0.717) is 0 Å². The van der Waals surface area contributed by atoms with E-state index in [0.717, 1.165) is 6.42 Å². The molecule has 52 valence electrons. The molecule has 0 saturated heterocycles. The van der Waals surface area contributed by atoms with Crippen LogP contribution < -0.4 is 0 Å². The molecule has 0 aromatic carbocycles. The first-order valence-corrected chi connectivity index (χ1v) is 4.19. The summed E-state index contributed by atoms with van der Waals surface area (Å²) in [6.45, 7) is 2.04. The molecule has 0 amide bonds. The summed E-state index contributed by atoms with van der Waals surface area (Å²) in [5.74, 6) is 0.111. The van der Waals surface area contributed by atoms with Gasteiger partial charge in [0, 0.05) is 4.88 Å². The maximum atomic E-state index is 8.65. The van der Waals surface area contributed by atoms with Gasteiger partial charge in [-0.2, -0.15) is 5.26 Å². The van der Waals surface area contributed by atoms with Crippen molar-refractivity contribution in [1.82, 2.24) is 0 Å². The Bertz CT molecular complexity index is 220. The van der Waals surface area contributed by atoms with Crippen LogP contribution in [0, 0.1) is 11.3 Å². The third-order valence-electron chi connectivity index (χ3n) is 1.45. The second-order valence-corrected chi connectivity index (χ2v) is 3.08. The van der Waals surface area contributed by atoms with Crippen LogP contribution in [0.15, 0.2) is 17.5 Å². The van der Waals surface area contributed by atoms with Crippen molar-refractivity contribution in [1.29, 1.82) is 5.26 Å². The van der Waals surface area contributed by atoms with Crippen molar-refractivity contribution in [2.45, 2.75) is 19.3 Å². The van der Waals surface area contributed by atoms with Gasteiger partial charge >= 0.3 is 0 Å². The van der Waals surface area contributed by atoms with Gasteiger partial charge in [-0.25, -0.2) is 0 Å². The van der Waals surface area contributed by atoms with Crippen molar-refractivity contribution in [3.63, 3.8) is 0 Å². The Kier molecular flexibility index (Phi) is 2.47. The summed E-state index contributed by atoms with van der Waals surface area (Å²) in [7, 11) is 0. The van der Waals surface area contributed by atoms with Crippen LogP contribution in [-0.2, 0) is 0 Å². The molecule has 1 heterocycles. The first-order valence-electron chi connectivity index (χ1n) is 3.31. The van der Waals surface area contributed by atoms with Crippen LogP contribution in [0.1, 0.15) is 24.1 Å². The highest BCUT2D eigenvalue weighted by molar-refractivity contribution is 7.10. The van der Waals surface area contributed by atoms with Gasteiger partial charge in [0.2, 0.25) is 0 Å². The number of nitrogens with zero attached hydrogens (tertiary/aromatic N) is 1. The molecular formula is C8H9NS. The van der Waals surface area contributed by atoms with Gasteiger partial charge in [-0.05, 0) is 17.9 Å². The molecule has 0 saturated carbocycles. The van der Waals surface area contributed by atoms with E-state index in [9.17, 15) is 0 Å². The van der Waals surface area contributed by atoms with Crippen molar-refractivity contribution in [2.75, 3.05) is 0 Å². The van der Waals surface area contributed by atoms with Crippen molar-refractivity contribution < 1.29 is 0 Å². The van der Waals surface area contributed by atoms with Crippen molar-refractivity contribution in [3.8, 4) is 6.07 Å². The zero-order valence-corrected chi connectivity index (χ0v) is 6.69. The Balaban J connectivity index is 2.76. The SMILES string of the molecule is CC[C@H](C#N)c1cccs1. The number of hydrogen-bond donors (Lipinski definition) is 0. The van der Waals surface area contributed by atoms with Crippen molar-refractivity contribution in [2.24, 2.45) is 0 Å². The summed E-state index contributed by atoms with van der Waals surface area (Å²) in [4.78, 5) is 1.19. The molecule has 0 radical (unpaired) electrons. The maximum Gasteiger partial charge on any atom is 0.0803 e. The van der Waals surface area contributed by atoms with Crippen molar-refractivity contribution >= 4 is 11.3 Å². The number of hydrogen-bond acceptors (Lipinski definition) is 2. The topological polar surface area (TPSA) is 23.8 Å². The van der Waals surface area contributed by atoms with Gasteiger partial charge in [-0.3, -0.25) is 0 Å². The quantitative estimate of drug-likeness (QED) is 0.637. The Morgan fingerprint density at radius 1 is 1.80 bits per heavy atom. The second-order valence-electron chi connectivity index (χ2n) is 2.11. The van der Waals surface area contributed by atoms with E-state index in [2.05, 4.69) is 6.07 Å². The molecule has 0 spiro atoms. The largest absolute Gasteiger partial charge is 0.198 e. The zero-order chi connectivity index (χ0) is 7.40. The fraction of sp³-hybridized carbons (Fsp3) is 0.375. The minimum atomic E-state index is 0.111. The standard InChI is InChI=1S/C8H9NS/c1-2-7(6-9)8-4-3-5-10-8/h3-5,7H,2H2,1H3/t7-/m1/s1. The Morgan fingerprint density at radius 3 is 3.00 bits per heavy atom. The summed E-state index contributed by atoms with van der Waals surface area (Å²) < 4.78 is 0. The Morgan fingerprint density at radius 2 is 2.60 bits per heavy atom. The lowest BCUT2D eigenvalue weighted by Gasteiger charge is -1.99. The highest BCUT2D eigenvalue weighted by Gasteiger charge is 2.06. The van der Waals surface area contributed by atoms with Gasteiger partial charge in [0.05, 0.1) is 12.0 Å². The zero-order valence-electron chi connectivity index (χ0n) is 5.87. The van der Waals surface area contributed by atoms with Crippen molar-refractivity contribution in [3.05, 3.63) is 22.4 Å². The Hall–Kier alpha value is -0.810. The van der Waals surface area contributed by atoms with Gasteiger partial charge in [0.15, 0.2) is 0 Å². The minimum absolute atomic E-state index is 0.111. The molecule has 0 fully saturated rings. The van der Waals surface area contributed by atoms with E-state index in [1.54, 1.807) is 11.3 Å². The molecule has 0 N–H and O–H groups in total. The van der Waals surface area contributed by atoms with Crippen LogP contribution in [0.25, 0.3) is 0 Å². The number of thiophene rings is 1. The molecule has 1 atom stereocenters. The van der Waals surface area contributed by atoms with E-state index >= 15 is 0 Å². The highest BCUT2D eigenvalue weighted by Crippen LogP contribution is 2.22. The monoisotopic (exact) mass is 151 g/mol. The maximum absolute atomic E-state index is 8.65. The molecule has 10 heavy (non-hydrogen) atoms. The lowest BCUT2D eigenvalue weighted by Crippen LogP contribution is -1.87. The van der Waals surface area contributed by atoms with Crippen LogP contribution in [-0.4, -0.2) is 0 Å². The average molecular weight is 151 g/mol. The second kappa shape index (κ2) is 3.38. The van der Waals surface area contributed by atoms with E-state index in [-0.39, 0.29) is 5.92 Å². The fourth-order valence-electron chi connectivity index (χ4n) is 0.846. The molecule has 0 aliphatic rings.